The Morgan fingerprint density at radius 1 is 1.22 bits per heavy atom. The number of rotatable bonds is 6. The van der Waals surface area contributed by atoms with Crippen molar-refractivity contribution in [2.75, 3.05) is 13.2 Å². The highest BCUT2D eigenvalue weighted by atomic mass is 79.9. The van der Waals surface area contributed by atoms with Crippen LogP contribution in [0, 0.1) is 0 Å². The second kappa shape index (κ2) is 9.30. The number of fused-ring (bicyclic) bond motifs is 1. The number of carbonyl (C=O) groups is 1. The number of carbonyl (C=O) groups excluding carboxylic acids is 1. The summed E-state index contributed by atoms with van der Waals surface area (Å²) >= 11 is 4.52. The highest BCUT2D eigenvalue weighted by Gasteiger charge is 2.33. The molecule has 32 heavy (non-hydrogen) atoms. The summed E-state index contributed by atoms with van der Waals surface area (Å²) in [4.78, 5) is 31.4. The number of benzene rings is 1. The first kappa shape index (κ1) is 22.3. The van der Waals surface area contributed by atoms with Crippen LogP contribution in [0.2, 0.25) is 0 Å². The summed E-state index contributed by atoms with van der Waals surface area (Å²) in [6.45, 7) is 6.19. The van der Waals surface area contributed by atoms with Gasteiger partial charge in [0, 0.05) is 6.08 Å². The van der Waals surface area contributed by atoms with E-state index in [0.717, 1.165) is 5.56 Å². The number of aromatic nitrogens is 1. The van der Waals surface area contributed by atoms with Crippen molar-refractivity contribution in [3.05, 3.63) is 83.3 Å². The van der Waals surface area contributed by atoms with Crippen LogP contribution < -0.4 is 19.6 Å². The minimum Gasteiger partial charge on any atom is -0.494 e. The number of hydrogen-bond acceptors (Lipinski definition) is 7. The Morgan fingerprint density at radius 3 is 2.59 bits per heavy atom. The minimum absolute atomic E-state index is 0.226. The van der Waals surface area contributed by atoms with Gasteiger partial charge in [-0.1, -0.05) is 23.5 Å². The molecule has 1 aliphatic heterocycles. The fourth-order valence-corrected chi connectivity index (χ4v) is 4.90. The third kappa shape index (κ3) is 4.22. The molecule has 0 unspecified atom stereocenters. The maximum atomic E-state index is 13.4. The van der Waals surface area contributed by atoms with Crippen molar-refractivity contribution < 1.29 is 18.7 Å². The average molecular weight is 517 g/mol. The van der Waals surface area contributed by atoms with Crippen molar-refractivity contribution in [3.63, 3.8) is 0 Å². The highest BCUT2D eigenvalue weighted by molar-refractivity contribution is 9.10. The highest BCUT2D eigenvalue weighted by Crippen LogP contribution is 2.31. The van der Waals surface area contributed by atoms with Crippen LogP contribution in [0.15, 0.2) is 66.5 Å². The van der Waals surface area contributed by atoms with Gasteiger partial charge in [0.05, 0.1) is 35.1 Å². The van der Waals surface area contributed by atoms with Crippen LogP contribution >= 0.6 is 27.3 Å². The Labute approximate surface area is 196 Å². The monoisotopic (exact) mass is 516 g/mol. The van der Waals surface area contributed by atoms with Gasteiger partial charge in [0.2, 0.25) is 0 Å². The van der Waals surface area contributed by atoms with Gasteiger partial charge in [-0.05, 0) is 66.5 Å². The molecule has 1 atom stereocenters. The summed E-state index contributed by atoms with van der Waals surface area (Å²) in [5.41, 5.74) is 1.38. The molecule has 0 aliphatic carbocycles. The quantitative estimate of drug-likeness (QED) is 0.467. The number of hydrogen-bond donors (Lipinski definition) is 0. The number of ether oxygens (including phenoxy) is 2. The van der Waals surface area contributed by atoms with Crippen molar-refractivity contribution in [3.8, 4) is 5.75 Å². The van der Waals surface area contributed by atoms with Crippen LogP contribution in [-0.4, -0.2) is 23.8 Å². The number of furan rings is 1. The summed E-state index contributed by atoms with van der Waals surface area (Å²) in [7, 11) is 0. The van der Waals surface area contributed by atoms with E-state index >= 15 is 0 Å². The molecule has 166 valence electrons. The summed E-state index contributed by atoms with van der Waals surface area (Å²) in [6, 6.07) is 10.2. The predicted octanol–water partition coefficient (Wildman–Crippen LogP) is 3.55. The van der Waals surface area contributed by atoms with Gasteiger partial charge in [-0.25, -0.2) is 9.79 Å². The summed E-state index contributed by atoms with van der Waals surface area (Å²) in [5, 5.41) is 0. The molecule has 4 rings (SSSR count). The smallest absolute Gasteiger partial charge is 0.338 e. The van der Waals surface area contributed by atoms with Gasteiger partial charge >= 0.3 is 5.97 Å². The van der Waals surface area contributed by atoms with Gasteiger partial charge in [0.1, 0.15) is 11.5 Å². The van der Waals surface area contributed by atoms with Gasteiger partial charge in [0.15, 0.2) is 9.47 Å². The fourth-order valence-electron chi connectivity index (χ4n) is 3.55. The zero-order valence-electron chi connectivity index (χ0n) is 17.8. The molecule has 0 spiro atoms. The van der Waals surface area contributed by atoms with Crippen LogP contribution in [0.25, 0.3) is 6.08 Å². The largest absolute Gasteiger partial charge is 0.494 e. The van der Waals surface area contributed by atoms with Gasteiger partial charge < -0.3 is 13.9 Å². The van der Waals surface area contributed by atoms with Crippen LogP contribution in [0.3, 0.4) is 0 Å². The first-order valence-electron chi connectivity index (χ1n) is 10.1. The molecule has 1 aromatic carbocycles. The molecule has 0 saturated carbocycles. The molecule has 0 radical (unpaired) electrons. The van der Waals surface area contributed by atoms with E-state index < -0.39 is 12.0 Å². The second-order valence-corrected chi connectivity index (χ2v) is 8.74. The lowest BCUT2D eigenvalue weighted by atomic mass is 9.96. The van der Waals surface area contributed by atoms with Gasteiger partial charge in [-0.15, -0.1) is 0 Å². The van der Waals surface area contributed by atoms with E-state index in [1.165, 1.54) is 11.3 Å². The topological polar surface area (TPSA) is 83.0 Å². The number of allylic oxidation sites excluding steroid dienone is 1. The Hall–Kier alpha value is -2.91. The Kier molecular flexibility index (Phi) is 6.48. The van der Waals surface area contributed by atoms with E-state index in [0.29, 0.717) is 43.4 Å². The lowest BCUT2D eigenvalue weighted by molar-refractivity contribution is -0.139. The van der Waals surface area contributed by atoms with E-state index in [-0.39, 0.29) is 12.2 Å². The number of halogens is 1. The molecule has 2 aromatic heterocycles. The third-order valence-corrected chi connectivity index (χ3v) is 6.30. The maximum Gasteiger partial charge on any atom is 0.338 e. The fraction of sp³-hybridized carbons (Fsp3) is 0.261. The normalized spacial score (nSPS) is 16.0. The number of nitrogens with zero attached hydrogens (tertiary/aromatic N) is 2. The summed E-state index contributed by atoms with van der Waals surface area (Å²) in [6.07, 6.45) is 1.67. The molecular formula is C23H21BrN2O5S. The second-order valence-electron chi connectivity index (χ2n) is 6.95. The average Bonchev–Trinajstić information content (AvgIpc) is 3.31. The molecule has 0 saturated heterocycles. The number of thiazole rings is 1. The van der Waals surface area contributed by atoms with E-state index in [1.807, 2.05) is 31.2 Å². The molecule has 3 heterocycles. The molecule has 9 heteroatoms. The standard InChI is InChI=1S/C23H21BrN2O5S/c1-4-29-15-8-6-14(7-9-15)20-19(22(28)30-5-2)13(3)25-23-26(20)21(27)17(32-23)12-16-10-11-18(24)31-16/h6-12,20H,4-5H2,1-3H3/b17-12-/t20-/m1/s1. The molecule has 3 aromatic rings. The van der Waals surface area contributed by atoms with Gasteiger partial charge in [-0.2, -0.15) is 0 Å². The minimum atomic E-state index is -0.661. The Bertz CT molecular complexity index is 1360. The van der Waals surface area contributed by atoms with E-state index in [9.17, 15) is 9.59 Å². The predicted molar refractivity (Wildman–Crippen MR) is 124 cm³/mol. The first-order chi connectivity index (χ1) is 15.4. The molecule has 0 bridgehead atoms. The Balaban J connectivity index is 1.91. The van der Waals surface area contributed by atoms with Crippen LogP contribution in [0.1, 0.15) is 38.1 Å². The van der Waals surface area contributed by atoms with E-state index in [1.54, 1.807) is 36.6 Å². The van der Waals surface area contributed by atoms with E-state index in [4.69, 9.17) is 13.9 Å². The first-order valence-corrected chi connectivity index (χ1v) is 11.7. The molecule has 7 nitrogen and oxygen atoms in total. The van der Waals surface area contributed by atoms with Gasteiger partial charge in [0.25, 0.3) is 5.56 Å². The SMILES string of the molecule is CCOC(=O)C1=C(C)N=c2s/c(=C\c3ccc(Br)o3)c(=O)n2[C@@H]1c1ccc(OCC)cc1. The molecule has 0 amide bonds. The Morgan fingerprint density at radius 2 is 1.97 bits per heavy atom. The lowest BCUT2D eigenvalue weighted by Gasteiger charge is -2.24. The zero-order chi connectivity index (χ0) is 22.8. The molecule has 1 aliphatic rings. The molecule has 0 fully saturated rings. The van der Waals surface area contributed by atoms with Crippen LogP contribution in [0.4, 0.5) is 0 Å². The zero-order valence-corrected chi connectivity index (χ0v) is 20.2. The van der Waals surface area contributed by atoms with E-state index in [2.05, 4.69) is 20.9 Å². The van der Waals surface area contributed by atoms with Crippen LogP contribution in [0.5, 0.6) is 5.75 Å². The number of esters is 1. The molecular weight excluding hydrogens is 496 g/mol. The van der Waals surface area contributed by atoms with Crippen molar-refractivity contribution in [1.29, 1.82) is 0 Å². The molecule has 0 N–H and O–H groups in total. The summed E-state index contributed by atoms with van der Waals surface area (Å²) < 4.78 is 18.9. The summed E-state index contributed by atoms with van der Waals surface area (Å²) in [5.74, 6) is 0.767. The van der Waals surface area contributed by atoms with Crippen molar-refractivity contribution in [1.82, 2.24) is 4.57 Å². The van der Waals surface area contributed by atoms with Gasteiger partial charge in [-0.3, -0.25) is 9.36 Å². The lowest BCUT2D eigenvalue weighted by Crippen LogP contribution is -2.39. The maximum absolute atomic E-state index is 13.4. The van der Waals surface area contributed by atoms with Crippen LogP contribution in [-0.2, 0) is 9.53 Å². The third-order valence-electron chi connectivity index (χ3n) is 4.89. The van der Waals surface area contributed by atoms with Crippen molar-refractivity contribution in [2.24, 2.45) is 4.99 Å². The van der Waals surface area contributed by atoms with Crippen molar-refractivity contribution >= 4 is 39.3 Å². The van der Waals surface area contributed by atoms with Crippen molar-refractivity contribution in [2.45, 2.75) is 26.8 Å².